The van der Waals surface area contributed by atoms with Crippen LogP contribution in [0.3, 0.4) is 0 Å². The Morgan fingerprint density at radius 3 is 2.88 bits per heavy atom. The molecule has 1 atom stereocenters. The normalized spacial score (nSPS) is 22.9. The molecule has 0 amide bonds. The molecule has 0 bridgehead atoms. The van der Waals surface area contributed by atoms with Gasteiger partial charge in [0, 0.05) is 18.2 Å². The third kappa shape index (κ3) is 2.97. The molecule has 0 radical (unpaired) electrons. The lowest BCUT2D eigenvalue weighted by molar-refractivity contribution is 0.362. The number of halogens is 1. The van der Waals surface area contributed by atoms with E-state index >= 15 is 0 Å². The first-order valence-corrected chi connectivity index (χ1v) is 6.18. The summed E-state index contributed by atoms with van der Waals surface area (Å²) in [5, 5.41) is 13.0. The van der Waals surface area contributed by atoms with Gasteiger partial charge in [0.25, 0.3) is 0 Å². The third-order valence-corrected chi connectivity index (χ3v) is 3.62. The Hall–Kier alpha value is -1.09. The van der Waals surface area contributed by atoms with E-state index in [1.807, 2.05) is 0 Å². The van der Waals surface area contributed by atoms with E-state index in [0.717, 1.165) is 12.8 Å². The van der Waals surface area contributed by atoms with Crippen LogP contribution in [0, 0.1) is 11.2 Å². The third-order valence-electron chi connectivity index (χ3n) is 3.62. The van der Waals surface area contributed by atoms with Crippen LogP contribution < -0.4 is 5.32 Å². The van der Waals surface area contributed by atoms with Gasteiger partial charge in [-0.05, 0) is 30.7 Å². The van der Waals surface area contributed by atoms with Crippen molar-refractivity contribution in [3.63, 3.8) is 0 Å². The molecule has 17 heavy (non-hydrogen) atoms. The number of phenols is 1. The molecule has 1 aliphatic rings. The van der Waals surface area contributed by atoms with Gasteiger partial charge in [-0.2, -0.15) is 0 Å². The Morgan fingerprint density at radius 2 is 2.24 bits per heavy atom. The van der Waals surface area contributed by atoms with Gasteiger partial charge in [-0.15, -0.1) is 0 Å². The van der Waals surface area contributed by atoms with E-state index < -0.39 is 5.82 Å². The van der Waals surface area contributed by atoms with Crippen molar-refractivity contribution in [3.8, 4) is 5.75 Å². The van der Waals surface area contributed by atoms with Gasteiger partial charge >= 0.3 is 0 Å². The van der Waals surface area contributed by atoms with Crippen molar-refractivity contribution in [2.24, 2.45) is 5.41 Å². The van der Waals surface area contributed by atoms with Gasteiger partial charge in [0.05, 0.1) is 0 Å². The standard InChI is InChI=1S/C14H20FNO/c1-14(2)7-6-11(8-14)16-9-10-4-3-5-12(15)13(10)17/h3-5,11,16-17H,6-9H2,1-2H3. The topological polar surface area (TPSA) is 32.3 Å². The number of hydrogen-bond donors (Lipinski definition) is 2. The van der Waals surface area contributed by atoms with Gasteiger partial charge in [-0.3, -0.25) is 0 Å². The van der Waals surface area contributed by atoms with E-state index in [-0.39, 0.29) is 5.75 Å². The number of benzene rings is 1. The molecule has 0 aliphatic heterocycles. The molecule has 0 aromatic heterocycles. The summed E-state index contributed by atoms with van der Waals surface area (Å²) in [7, 11) is 0. The minimum Gasteiger partial charge on any atom is -0.505 e. The molecule has 2 nitrogen and oxygen atoms in total. The Labute approximate surface area is 102 Å². The average molecular weight is 237 g/mol. The number of nitrogens with one attached hydrogen (secondary N) is 1. The largest absolute Gasteiger partial charge is 0.505 e. The number of hydrogen-bond acceptors (Lipinski definition) is 2. The lowest BCUT2D eigenvalue weighted by Gasteiger charge is -2.18. The van der Waals surface area contributed by atoms with Crippen molar-refractivity contribution >= 4 is 0 Å². The van der Waals surface area contributed by atoms with Gasteiger partial charge < -0.3 is 10.4 Å². The van der Waals surface area contributed by atoms with E-state index in [9.17, 15) is 9.50 Å². The molecule has 1 unspecified atom stereocenters. The monoisotopic (exact) mass is 237 g/mol. The van der Waals surface area contributed by atoms with Crippen molar-refractivity contribution in [2.75, 3.05) is 0 Å². The van der Waals surface area contributed by atoms with Gasteiger partial charge in [0.2, 0.25) is 0 Å². The number of para-hydroxylation sites is 1. The predicted molar refractivity (Wildman–Crippen MR) is 66.3 cm³/mol. The van der Waals surface area contributed by atoms with Gasteiger partial charge in [0.15, 0.2) is 11.6 Å². The minimum atomic E-state index is -0.545. The van der Waals surface area contributed by atoms with Crippen LogP contribution in [0.25, 0.3) is 0 Å². The van der Waals surface area contributed by atoms with E-state index in [1.165, 1.54) is 12.5 Å². The summed E-state index contributed by atoms with van der Waals surface area (Å²) in [5.74, 6) is -0.770. The maximum atomic E-state index is 13.1. The van der Waals surface area contributed by atoms with Gasteiger partial charge in [-0.1, -0.05) is 26.0 Å². The zero-order chi connectivity index (χ0) is 12.5. The van der Waals surface area contributed by atoms with Crippen LogP contribution in [0.15, 0.2) is 18.2 Å². The molecule has 1 aromatic carbocycles. The number of phenolic OH excluding ortho intramolecular Hbond substituents is 1. The van der Waals surface area contributed by atoms with E-state index in [0.29, 0.717) is 23.6 Å². The Bertz CT molecular complexity index is 403. The molecule has 1 fully saturated rings. The maximum absolute atomic E-state index is 13.1. The summed E-state index contributed by atoms with van der Waals surface area (Å²) in [6.07, 6.45) is 3.52. The fraction of sp³-hybridized carbons (Fsp3) is 0.571. The maximum Gasteiger partial charge on any atom is 0.165 e. The summed E-state index contributed by atoms with van der Waals surface area (Å²) in [6, 6.07) is 5.14. The zero-order valence-electron chi connectivity index (χ0n) is 10.5. The van der Waals surface area contributed by atoms with Crippen LogP contribution >= 0.6 is 0 Å². The van der Waals surface area contributed by atoms with E-state index in [4.69, 9.17) is 0 Å². The second kappa shape index (κ2) is 4.65. The molecule has 2 rings (SSSR count). The van der Waals surface area contributed by atoms with Crippen LogP contribution in [0.5, 0.6) is 5.75 Å². The highest BCUT2D eigenvalue weighted by Gasteiger charge is 2.30. The average Bonchev–Trinajstić information content (AvgIpc) is 2.61. The smallest absolute Gasteiger partial charge is 0.165 e. The highest BCUT2D eigenvalue weighted by atomic mass is 19.1. The summed E-state index contributed by atoms with van der Waals surface area (Å²) < 4.78 is 13.1. The van der Waals surface area contributed by atoms with Crippen molar-refractivity contribution < 1.29 is 9.50 Å². The van der Waals surface area contributed by atoms with Crippen LogP contribution in [0.2, 0.25) is 0 Å². The molecule has 0 heterocycles. The molecular formula is C14H20FNO. The minimum absolute atomic E-state index is 0.225. The van der Waals surface area contributed by atoms with Crippen LogP contribution in [0.1, 0.15) is 38.7 Å². The first kappa shape index (κ1) is 12.4. The molecule has 3 heteroatoms. The summed E-state index contributed by atoms with van der Waals surface area (Å²) >= 11 is 0. The first-order valence-electron chi connectivity index (χ1n) is 6.18. The summed E-state index contributed by atoms with van der Waals surface area (Å²) in [6.45, 7) is 5.08. The molecule has 94 valence electrons. The Kier molecular flexibility index (Phi) is 3.38. The molecule has 1 saturated carbocycles. The predicted octanol–water partition coefficient (Wildman–Crippen LogP) is 3.20. The van der Waals surface area contributed by atoms with Crippen LogP contribution in [-0.4, -0.2) is 11.1 Å². The van der Waals surface area contributed by atoms with Crippen LogP contribution in [-0.2, 0) is 6.54 Å². The number of rotatable bonds is 3. The highest BCUT2D eigenvalue weighted by molar-refractivity contribution is 5.33. The van der Waals surface area contributed by atoms with Crippen LogP contribution in [0.4, 0.5) is 4.39 Å². The number of aromatic hydroxyl groups is 1. The van der Waals surface area contributed by atoms with Crippen molar-refractivity contribution in [1.82, 2.24) is 5.32 Å². The van der Waals surface area contributed by atoms with Crippen molar-refractivity contribution in [2.45, 2.75) is 45.7 Å². The summed E-state index contributed by atoms with van der Waals surface area (Å²) in [5.41, 5.74) is 1.04. The molecule has 1 aliphatic carbocycles. The lowest BCUT2D eigenvalue weighted by Crippen LogP contribution is -2.26. The Balaban J connectivity index is 1.93. The lowest BCUT2D eigenvalue weighted by atomic mass is 9.92. The second-order valence-corrected chi connectivity index (χ2v) is 5.73. The van der Waals surface area contributed by atoms with E-state index in [2.05, 4.69) is 19.2 Å². The Morgan fingerprint density at radius 1 is 1.47 bits per heavy atom. The second-order valence-electron chi connectivity index (χ2n) is 5.73. The van der Waals surface area contributed by atoms with Gasteiger partial charge in [0.1, 0.15) is 0 Å². The van der Waals surface area contributed by atoms with E-state index in [1.54, 1.807) is 12.1 Å². The fourth-order valence-electron chi connectivity index (χ4n) is 2.57. The quantitative estimate of drug-likeness (QED) is 0.846. The molecule has 1 aromatic rings. The highest BCUT2D eigenvalue weighted by Crippen LogP contribution is 2.37. The molecule has 2 N–H and O–H groups in total. The molecular weight excluding hydrogens is 217 g/mol. The SMILES string of the molecule is CC1(C)CCC(NCc2cccc(F)c2O)C1. The first-order chi connectivity index (χ1) is 7.98. The zero-order valence-corrected chi connectivity index (χ0v) is 10.5. The molecule has 0 spiro atoms. The fourth-order valence-corrected chi connectivity index (χ4v) is 2.57. The van der Waals surface area contributed by atoms with Crippen molar-refractivity contribution in [3.05, 3.63) is 29.6 Å². The molecule has 0 saturated heterocycles. The van der Waals surface area contributed by atoms with Crippen molar-refractivity contribution in [1.29, 1.82) is 0 Å². The summed E-state index contributed by atoms with van der Waals surface area (Å²) in [4.78, 5) is 0. The van der Waals surface area contributed by atoms with Gasteiger partial charge in [-0.25, -0.2) is 4.39 Å².